The lowest BCUT2D eigenvalue weighted by Gasteiger charge is -2.23. The first-order chi connectivity index (χ1) is 9.25. The van der Waals surface area contributed by atoms with Crippen molar-refractivity contribution in [2.75, 3.05) is 13.6 Å². The van der Waals surface area contributed by atoms with Crippen LogP contribution in [0.15, 0.2) is 36.6 Å². The van der Waals surface area contributed by atoms with Crippen LogP contribution in [0.2, 0.25) is 0 Å². The maximum atomic E-state index is 4.20. The first-order valence-electron chi connectivity index (χ1n) is 8.00. The van der Waals surface area contributed by atoms with E-state index in [0.717, 1.165) is 25.8 Å². The van der Waals surface area contributed by atoms with Gasteiger partial charge in [-0.25, -0.2) is 0 Å². The van der Waals surface area contributed by atoms with Crippen molar-refractivity contribution in [2.24, 2.45) is 11.8 Å². The highest BCUT2D eigenvalue weighted by Gasteiger charge is 2.06. The Hall–Kier alpha value is -0.980. The highest BCUT2D eigenvalue weighted by atomic mass is 15.1. The normalized spacial score (nSPS) is 10.9. The molecule has 116 valence electrons. The molecule has 0 bridgehead atoms. The molecule has 0 atom stereocenters. The van der Waals surface area contributed by atoms with E-state index in [2.05, 4.69) is 59.4 Å². The smallest absolute Gasteiger partial charge is 0.0208 e. The van der Waals surface area contributed by atoms with Crippen LogP contribution in [0.1, 0.15) is 59.8 Å². The average Bonchev–Trinajstić information content (AvgIpc) is 2.39. The van der Waals surface area contributed by atoms with E-state index in [1.54, 1.807) is 0 Å². The molecule has 0 aliphatic heterocycles. The molecule has 0 unspecified atom stereocenters. The standard InChI is InChI=1S/C19H35N/c1-15(2)17(5)11-9-10-12-19(7)20(8)14-13-18(6)16(3)4/h15-16H,5-7,9-14H2,1-4,8H3. The summed E-state index contributed by atoms with van der Waals surface area (Å²) in [6.45, 7) is 22.4. The van der Waals surface area contributed by atoms with E-state index in [4.69, 9.17) is 0 Å². The van der Waals surface area contributed by atoms with E-state index in [0.29, 0.717) is 11.8 Å². The molecule has 0 aromatic rings. The molecule has 1 nitrogen and oxygen atoms in total. The van der Waals surface area contributed by atoms with Crippen molar-refractivity contribution in [1.82, 2.24) is 4.90 Å². The summed E-state index contributed by atoms with van der Waals surface area (Å²) in [7, 11) is 2.14. The molecule has 0 N–H and O–H groups in total. The van der Waals surface area contributed by atoms with Gasteiger partial charge >= 0.3 is 0 Å². The van der Waals surface area contributed by atoms with Gasteiger partial charge in [-0.3, -0.25) is 0 Å². The van der Waals surface area contributed by atoms with Gasteiger partial charge in [0.15, 0.2) is 0 Å². The van der Waals surface area contributed by atoms with Crippen LogP contribution in [0.5, 0.6) is 0 Å². The van der Waals surface area contributed by atoms with E-state index < -0.39 is 0 Å². The van der Waals surface area contributed by atoms with E-state index >= 15 is 0 Å². The zero-order valence-electron chi connectivity index (χ0n) is 14.5. The lowest BCUT2D eigenvalue weighted by molar-refractivity contribution is 0.396. The van der Waals surface area contributed by atoms with Crippen LogP contribution in [0.3, 0.4) is 0 Å². The zero-order valence-corrected chi connectivity index (χ0v) is 14.5. The Morgan fingerprint density at radius 1 is 0.800 bits per heavy atom. The van der Waals surface area contributed by atoms with Gasteiger partial charge in [-0.15, -0.1) is 0 Å². The predicted octanol–water partition coefficient (Wildman–Crippen LogP) is 5.81. The van der Waals surface area contributed by atoms with Crippen molar-refractivity contribution in [1.29, 1.82) is 0 Å². The van der Waals surface area contributed by atoms with Crippen LogP contribution in [-0.4, -0.2) is 18.5 Å². The Morgan fingerprint density at radius 3 is 1.75 bits per heavy atom. The summed E-state index contributed by atoms with van der Waals surface area (Å²) >= 11 is 0. The van der Waals surface area contributed by atoms with Crippen molar-refractivity contribution in [3.63, 3.8) is 0 Å². The predicted molar refractivity (Wildman–Crippen MR) is 92.8 cm³/mol. The summed E-state index contributed by atoms with van der Waals surface area (Å²) in [6, 6.07) is 0. The summed E-state index contributed by atoms with van der Waals surface area (Å²) in [6.07, 6.45) is 5.74. The highest BCUT2D eigenvalue weighted by Crippen LogP contribution is 2.18. The largest absolute Gasteiger partial charge is 0.378 e. The Labute approximate surface area is 127 Å². The molecule has 0 aromatic carbocycles. The molecule has 0 saturated heterocycles. The molecule has 0 spiro atoms. The fourth-order valence-electron chi connectivity index (χ4n) is 1.92. The summed E-state index contributed by atoms with van der Waals surface area (Å²) in [5, 5.41) is 0. The maximum Gasteiger partial charge on any atom is 0.0208 e. The number of nitrogens with zero attached hydrogens (tertiary/aromatic N) is 1. The maximum absolute atomic E-state index is 4.20. The molecule has 0 heterocycles. The lowest BCUT2D eigenvalue weighted by Crippen LogP contribution is -2.19. The molecule has 0 fully saturated rings. The fraction of sp³-hybridized carbons (Fsp3) is 0.684. The van der Waals surface area contributed by atoms with Gasteiger partial charge in [0.1, 0.15) is 0 Å². The first kappa shape index (κ1) is 19.0. The van der Waals surface area contributed by atoms with Crippen LogP contribution < -0.4 is 0 Å². The van der Waals surface area contributed by atoms with Gasteiger partial charge in [0.2, 0.25) is 0 Å². The van der Waals surface area contributed by atoms with Gasteiger partial charge in [-0.05, 0) is 43.9 Å². The number of rotatable bonds is 11. The van der Waals surface area contributed by atoms with Crippen LogP contribution in [0.4, 0.5) is 0 Å². The minimum absolute atomic E-state index is 0.582. The third-order valence-electron chi connectivity index (χ3n) is 4.15. The number of allylic oxidation sites excluding steroid dienone is 2. The number of hydrogen-bond donors (Lipinski definition) is 0. The van der Waals surface area contributed by atoms with Gasteiger partial charge in [0.25, 0.3) is 0 Å². The second-order valence-corrected chi connectivity index (χ2v) is 6.57. The third-order valence-corrected chi connectivity index (χ3v) is 4.15. The van der Waals surface area contributed by atoms with E-state index in [1.165, 1.54) is 29.7 Å². The minimum atomic E-state index is 0.582. The second-order valence-electron chi connectivity index (χ2n) is 6.57. The third kappa shape index (κ3) is 8.24. The first-order valence-corrected chi connectivity index (χ1v) is 8.00. The number of hydrogen-bond acceptors (Lipinski definition) is 1. The molecule has 1 heteroatoms. The molecule has 0 radical (unpaired) electrons. The summed E-state index contributed by atoms with van der Waals surface area (Å²) in [5.74, 6) is 1.20. The van der Waals surface area contributed by atoms with Crippen molar-refractivity contribution in [2.45, 2.75) is 59.8 Å². The molecule has 0 saturated carbocycles. The van der Waals surface area contributed by atoms with Crippen molar-refractivity contribution >= 4 is 0 Å². The lowest BCUT2D eigenvalue weighted by atomic mass is 9.98. The molecular weight excluding hydrogens is 242 g/mol. The Kier molecular flexibility index (Phi) is 9.37. The molecule has 0 aliphatic rings. The summed E-state index contributed by atoms with van der Waals surface area (Å²) in [5.41, 5.74) is 3.95. The Bertz CT molecular complexity index is 323. The van der Waals surface area contributed by atoms with E-state index in [9.17, 15) is 0 Å². The Morgan fingerprint density at radius 2 is 1.25 bits per heavy atom. The van der Waals surface area contributed by atoms with Crippen molar-refractivity contribution < 1.29 is 0 Å². The van der Waals surface area contributed by atoms with Crippen molar-refractivity contribution in [3.05, 3.63) is 36.6 Å². The van der Waals surface area contributed by atoms with Crippen LogP contribution in [-0.2, 0) is 0 Å². The van der Waals surface area contributed by atoms with Crippen LogP contribution >= 0.6 is 0 Å². The quantitative estimate of drug-likeness (QED) is 0.340. The molecular formula is C19H35N. The second kappa shape index (κ2) is 9.85. The molecule has 0 amide bonds. The SMILES string of the molecule is C=C(CCCCC(=C)N(C)CCC(=C)C(C)C)C(C)C. The average molecular weight is 277 g/mol. The summed E-state index contributed by atoms with van der Waals surface area (Å²) < 4.78 is 0. The molecule has 0 aliphatic carbocycles. The fourth-order valence-corrected chi connectivity index (χ4v) is 1.92. The topological polar surface area (TPSA) is 3.24 Å². The zero-order chi connectivity index (χ0) is 15.7. The van der Waals surface area contributed by atoms with E-state index in [-0.39, 0.29) is 0 Å². The number of unbranched alkanes of at least 4 members (excludes halogenated alkanes) is 1. The van der Waals surface area contributed by atoms with E-state index in [1.807, 2.05) is 0 Å². The monoisotopic (exact) mass is 277 g/mol. The highest BCUT2D eigenvalue weighted by molar-refractivity contribution is 5.01. The molecule has 0 rings (SSSR count). The van der Waals surface area contributed by atoms with Gasteiger partial charge in [-0.2, -0.15) is 0 Å². The molecule has 0 aromatic heterocycles. The van der Waals surface area contributed by atoms with Crippen molar-refractivity contribution in [3.8, 4) is 0 Å². The van der Waals surface area contributed by atoms with Gasteiger partial charge in [-0.1, -0.05) is 58.6 Å². The van der Waals surface area contributed by atoms with Gasteiger partial charge < -0.3 is 4.90 Å². The molecule has 20 heavy (non-hydrogen) atoms. The van der Waals surface area contributed by atoms with Gasteiger partial charge in [0.05, 0.1) is 0 Å². The summed E-state index contributed by atoms with van der Waals surface area (Å²) in [4.78, 5) is 2.28. The van der Waals surface area contributed by atoms with Crippen LogP contribution in [0, 0.1) is 11.8 Å². The Balaban J connectivity index is 3.81. The van der Waals surface area contributed by atoms with Crippen LogP contribution in [0.25, 0.3) is 0 Å². The van der Waals surface area contributed by atoms with Gasteiger partial charge in [0, 0.05) is 19.3 Å². The minimum Gasteiger partial charge on any atom is -0.378 e.